The number of hydrogen-bond acceptors (Lipinski definition) is 2. The van der Waals surface area contributed by atoms with Crippen LogP contribution in [0.1, 0.15) is 18.7 Å². The lowest BCUT2D eigenvalue weighted by Gasteiger charge is -2.09. The van der Waals surface area contributed by atoms with Gasteiger partial charge in [-0.2, -0.15) is 0 Å². The standard InChI is InChI=1S/C9H12NO/c1-3-11-8(2)9-6-4-5-7-10-9/h4-8H,2-3H2,1H3. The topological polar surface area (TPSA) is 22.1 Å². The quantitative estimate of drug-likeness (QED) is 0.657. The molecule has 2 heteroatoms. The molecule has 0 aromatic carbocycles. The molecule has 1 heterocycles. The first-order valence-corrected chi connectivity index (χ1v) is 3.70. The molecule has 0 N–H and O–H groups in total. The van der Waals surface area contributed by atoms with Gasteiger partial charge in [-0.3, -0.25) is 4.98 Å². The Morgan fingerprint density at radius 2 is 2.45 bits per heavy atom. The van der Waals surface area contributed by atoms with E-state index in [9.17, 15) is 0 Å². The Balaban J connectivity index is 2.61. The van der Waals surface area contributed by atoms with Crippen molar-refractivity contribution in [3.05, 3.63) is 37.0 Å². The number of aromatic nitrogens is 1. The first-order chi connectivity index (χ1) is 5.34. The lowest BCUT2D eigenvalue weighted by atomic mass is 10.2. The molecule has 1 aromatic rings. The van der Waals surface area contributed by atoms with Crippen molar-refractivity contribution in [2.24, 2.45) is 0 Å². The van der Waals surface area contributed by atoms with E-state index >= 15 is 0 Å². The Morgan fingerprint density at radius 1 is 1.64 bits per heavy atom. The summed E-state index contributed by atoms with van der Waals surface area (Å²) in [5, 5.41) is 0. The summed E-state index contributed by atoms with van der Waals surface area (Å²) in [7, 11) is 0. The van der Waals surface area contributed by atoms with Gasteiger partial charge in [0.15, 0.2) is 0 Å². The summed E-state index contributed by atoms with van der Waals surface area (Å²) < 4.78 is 5.25. The van der Waals surface area contributed by atoms with Crippen LogP contribution < -0.4 is 0 Å². The van der Waals surface area contributed by atoms with Gasteiger partial charge in [0.05, 0.1) is 11.8 Å². The van der Waals surface area contributed by atoms with Crippen molar-refractivity contribution in [3.63, 3.8) is 0 Å². The van der Waals surface area contributed by atoms with Gasteiger partial charge >= 0.3 is 0 Å². The fourth-order valence-electron chi connectivity index (χ4n) is 0.853. The number of ether oxygens (including phenoxy) is 1. The summed E-state index contributed by atoms with van der Waals surface area (Å²) in [5.41, 5.74) is 0.884. The maximum atomic E-state index is 5.25. The molecule has 59 valence electrons. The van der Waals surface area contributed by atoms with Crippen LogP contribution in [0.5, 0.6) is 0 Å². The largest absolute Gasteiger partial charge is 0.372 e. The summed E-state index contributed by atoms with van der Waals surface area (Å²) in [6.07, 6.45) is 1.60. The average Bonchev–Trinajstić information content (AvgIpc) is 2.07. The Morgan fingerprint density at radius 3 is 3.00 bits per heavy atom. The monoisotopic (exact) mass is 150 g/mol. The highest BCUT2D eigenvalue weighted by molar-refractivity contribution is 5.07. The fourth-order valence-corrected chi connectivity index (χ4v) is 0.853. The lowest BCUT2D eigenvalue weighted by molar-refractivity contribution is 0.0919. The second-order valence-electron chi connectivity index (χ2n) is 2.20. The molecule has 0 bridgehead atoms. The SMILES string of the molecule is [CH2]C(OCC)c1ccccn1. The molecule has 0 fully saturated rings. The van der Waals surface area contributed by atoms with Crippen LogP contribution in [-0.4, -0.2) is 11.6 Å². The third kappa shape index (κ3) is 2.31. The number of pyridine rings is 1. The molecule has 0 saturated carbocycles. The van der Waals surface area contributed by atoms with Gasteiger partial charge in [-0.25, -0.2) is 0 Å². The Kier molecular flexibility index (Phi) is 3.05. The average molecular weight is 150 g/mol. The highest BCUT2D eigenvalue weighted by atomic mass is 16.5. The van der Waals surface area contributed by atoms with Crippen LogP contribution in [0, 0.1) is 6.92 Å². The van der Waals surface area contributed by atoms with Crippen LogP contribution in [0.2, 0.25) is 0 Å². The second-order valence-corrected chi connectivity index (χ2v) is 2.20. The van der Waals surface area contributed by atoms with Crippen LogP contribution in [0.15, 0.2) is 24.4 Å². The van der Waals surface area contributed by atoms with Gasteiger partial charge in [-0.15, -0.1) is 0 Å². The van der Waals surface area contributed by atoms with Crippen molar-refractivity contribution < 1.29 is 4.74 Å². The molecule has 0 aliphatic carbocycles. The molecule has 0 aliphatic heterocycles. The van der Waals surface area contributed by atoms with Gasteiger partial charge in [0, 0.05) is 12.8 Å². The summed E-state index contributed by atoms with van der Waals surface area (Å²) in [4.78, 5) is 4.11. The van der Waals surface area contributed by atoms with E-state index in [0.29, 0.717) is 6.61 Å². The van der Waals surface area contributed by atoms with Crippen LogP contribution >= 0.6 is 0 Å². The Hall–Kier alpha value is -0.890. The zero-order valence-electron chi connectivity index (χ0n) is 6.66. The van der Waals surface area contributed by atoms with Gasteiger partial charge in [-0.05, 0) is 26.0 Å². The van der Waals surface area contributed by atoms with E-state index in [-0.39, 0.29) is 6.10 Å². The molecule has 1 atom stereocenters. The number of hydrogen-bond donors (Lipinski definition) is 0. The Bertz CT molecular complexity index is 198. The van der Waals surface area contributed by atoms with Crippen molar-refractivity contribution >= 4 is 0 Å². The summed E-state index contributed by atoms with van der Waals surface area (Å²) in [6, 6.07) is 5.72. The first kappa shape index (κ1) is 8.21. The molecular weight excluding hydrogens is 138 g/mol. The minimum absolute atomic E-state index is 0.138. The van der Waals surface area contributed by atoms with Crippen LogP contribution in [0.25, 0.3) is 0 Å². The summed E-state index contributed by atoms with van der Waals surface area (Å²) in [6.45, 7) is 6.43. The van der Waals surface area contributed by atoms with Crippen molar-refractivity contribution in [3.8, 4) is 0 Å². The normalized spacial score (nSPS) is 12.9. The molecule has 1 radical (unpaired) electrons. The third-order valence-corrected chi connectivity index (χ3v) is 1.39. The van der Waals surface area contributed by atoms with E-state index in [4.69, 9.17) is 4.74 Å². The van der Waals surface area contributed by atoms with Gasteiger partial charge in [-0.1, -0.05) is 6.07 Å². The minimum atomic E-state index is -0.138. The van der Waals surface area contributed by atoms with Gasteiger partial charge in [0.25, 0.3) is 0 Å². The molecule has 0 amide bonds. The Labute approximate surface area is 67.2 Å². The lowest BCUT2D eigenvalue weighted by Crippen LogP contribution is -2.01. The molecule has 0 spiro atoms. The summed E-state index contributed by atoms with van der Waals surface area (Å²) >= 11 is 0. The summed E-state index contributed by atoms with van der Waals surface area (Å²) in [5.74, 6) is 0. The van der Waals surface area contributed by atoms with Gasteiger partial charge in [0.2, 0.25) is 0 Å². The smallest absolute Gasteiger partial charge is 0.0995 e. The van der Waals surface area contributed by atoms with E-state index in [0.717, 1.165) is 5.69 Å². The molecule has 1 unspecified atom stereocenters. The number of rotatable bonds is 3. The van der Waals surface area contributed by atoms with E-state index < -0.39 is 0 Å². The van der Waals surface area contributed by atoms with E-state index in [1.807, 2.05) is 25.1 Å². The van der Waals surface area contributed by atoms with Crippen LogP contribution in [0.3, 0.4) is 0 Å². The van der Waals surface area contributed by atoms with E-state index in [1.165, 1.54) is 0 Å². The predicted molar refractivity (Wildman–Crippen MR) is 44.0 cm³/mol. The fraction of sp³-hybridized carbons (Fsp3) is 0.333. The third-order valence-electron chi connectivity index (χ3n) is 1.39. The van der Waals surface area contributed by atoms with E-state index in [2.05, 4.69) is 11.9 Å². The molecule has 1 aromatic heterocycles. The molecule has 0 aliphatic rings. The predicted octanol–water partition coefficient (Wildman–Crippen LogP) is 1.99. The van der Waals surface area contributed by atoms with Crippen molar-refractivity contribution in [2.75, 3.05) is 6.61 Å². The highest BCUT2D eigenvalue weighted by Gasteiger charge is 2.03. The van der Waals surface area contributed by atoms with Crippen LogP contribution in [-0.2, 0) is 4.74 Å². The number of nitrogens with zero attached hydrogens (tertiary/aromatic N) is 1. The van der Waals surface area contributed by atoms with E-state index in [1.54, 1.807) is 6.20 Å². The van der Waals surface area contributed by atoms with Crippen molar-refractivity contribution in [2.45, 2.75) is 13.0 Å². The molecule has 11 heavy (non-hydrogen) atoms. The van der Waals surface area contributed by atoms with Crippen LogP contribution in [0.4, 0.5) is 0 Å². The molecule has 2 nitrogen and oxygen atoms in total. The van der Waals surface area contributed by atoms with Gasteiger partial charge in [0.1, 0.15) is 0 Å². The molecule has 0 saturated heterocycles. The van der Waals surface area contributed by atoms with Crippen molar-refractivity contribution in [1.29, 1.82) is 0 Å². The maximum absolute atomic E-state index is 5.25. The highest BCUT2D eigenvalue weighted by Crippen LogP contribution is 2.11. The van der Waals surface area contributed by atoms with Crippen molar-refractivity contribution in [1.82, 2.24) is 4.98 Å². The zero-order chi connectivity index (χ0) is 8.10. The second kappa shape index (κ2) is 4.09. The molecular formula is C9H12NO. The van der Waals surface area contributed by atoms with Gasteiger partial charge < -0.3 is 4.74 Å². The minimum Gasteiger partial charge on any atom is -0.372 e. The first-order valence-electron chi connectivity index (χ1n) is 3.70. The maximum Gasteiger partial charge on any atom is 0.0995 e. The zero-order valence-corrected chi connectivity index (χ0v) is 6.66. The molecule has 1 rings (SSSR count).